The molecule has 1 fully saturated rings. The van der Waals surface area contributed by atoms with Gasteiger partial charge in [0, 0.05) is 30.6 Å². The Morgan fingerprint density at radius 2 is 2.14 bits per heavy atom. The topological polar surface area (TPSA) is 81.2 Å². The molecule has 0 aliphatic carbocycles. The molecule has 1 atom stereocenters. The van der Waals surface area contributed by atoms with Crippen LogP contribution in [0.5, 0.6) is 0 Å². The fourth-order valence-electron chi connectivity index (χ4n) is 3.74. The molecule has 1 saturated heterocycles. The smallest absolute Gasteiger partial charge is 0.266 e. The highest BCUT2D eigenvalue weighted by atomic mass is 16.3. The fourth-order valence-corrected chi connectivity index (χ4v) is 3.74. The number of likely N-dealkylation sites (tertiary alicyclic amines) is 1. The van der Waals surface area contributed by atoms with Crippen LogP contribution in [-0.2, 0) is 6.54 Å². The second kappa shape index (κ2) is 7.42. The maximum atomic E-state index is 13.0. The lowest BCUT2D eigenvalue weighted by Gasteiger charge is -2.24. The summed E-state index contributed by atoms with van der Waals surface area (Å²) in [5.74, 6) is 1.30. The minimum Gasteiger partial charge on any atom is -0.466 e. The van der Waals surface area contributed by atoms with Crippen molar-refractivity contribution in [3.8, 4) is 11.3 Å². The van der Waals surface area contributed by atoms with Crippen LogP contribution in [0.15, 0.2) is 51.9 Å². The zero-order valence-corrected chi connectivity index (χ0v) is 16.0. The highest BCUT2D eigenvalue weighted by Crippen LogP contribution is 2.24. The van der Waals surface area contributed by atoms with E-state index in [4.69, 9.17) is 4.42 Å². The van der Waals surface area contributed by atoms with Gasteiger partial charge in [-0.2, -0.15) is 5.10 Å². The molecule has 3 aromatic rings. The molecule has 1 amide bonds. The number of furan rings is 1. The van der Waals surface area contributed by atoms with Crippen molar-refractivity contribution < 1.29 is 9.21 Å². The van der Waals surface area contributed by atoms with E-state index >= 15 is 0 Å². The van der Waals surface area contributed by atoms with Gasteiger partial charge in [0.15, 0.2) is 0 Å². The van der Waals surface area contributed by atoms with Crippen LogP contribution in [-0.4, -0.2) is 38.2 Å². The second-order valence-corrected chi connectivity index (χ2v) is 7.10. The zero-order chi connectivity index (χ0) is 19.7. The van der Waals surface area contributed by atoms with Crippen LogP contribution in [0.25, 0.3) is 11.3 Å². The van der Waals surface area contributed by atoms with Crippen LogP contribution in [0.1, 0.15) is 34.7 Å². The molecule has 0 bridgehead atoms. The highest BCUT2D eigenvalue weighted by molar-refractivity contribution is 5.95. The number of pyridine rings is 1. The summed E-state index contributed by atoms with van der Waals surface area (Å²) in [5.41, 5.74) is 1.95. The van der Waals surface area contributed by atoms with E-state index in [0.717, 1.165) is 24.2 Å². The first kappa shape index (κ1) is 18.2. The maximum absolute atomic E-state index is 13.0. The van der Waals surface area contributed by atoms with Gasteiger partial charge in [-0.15, -0.1) is 0 Å². The van der Waals surface area contributed by atoms with Gasteiger partial charge >= 0.3 is 0 Å². The standard InChI is InChI=1S/C21H22N4O3/c1-14-11-18(15(2)28-14)21(27)24-10-4-6-17(24)13-25-20(26)8-7-19(23-25)16-5-3-9-22-12-16/h3,5,7-9,11-12,17H,4,6,10,13H2,1-2H3. The van der Waals surface area contributed by atoms with Crippen molar-refractivity contribution in [2.75, 3.05) is 6.54 Å². The number of carbonyl (C=O) groups excluding carboxylic acids is 1. The molecule has 0 spiro atoms. The Labute approximate surface area is 162 Å². The van der Waals surface area contributed by atoms with Crippen molar-refractivity contribution in [3.05, 3.63) is 70.2 Å². The van der Waals surface area contributed by atoms with E-state index in [-0.39, 0.29) is 17.5 Å². The first-order valence-electron chi connectivity index (χ1n) is 9.39. The summed E-state index contributed by atoms with van der Waals surface area (Å²) in [6.07, 6.45) is 5.16. The fraction of sp³-hybridized carbons (Fsp3) is 0.333. The Kier molecular flexibility index (Phi) is 4.81. The van der Waals surface area contributed by atoms with Gasteiger partial charge in [0.05, 0.1) is 23.8 Å². The third kappa shape index (κ3) is 3.47. The van der Waals surface area contributed by atoms with Crippen LogP contribution in [0.2, 0.25) is 0 Å². The van der Waals surface area contributed by atoms with Crippen LogP contribution in [0, 0.1) is 13.8 Å². The number of aryl methyl sites for hydroxylation is 2. The van der Waals surface area contributed by atoms with Crippen LogP contribution in [0.3, 0.4) is 0 Å². The number of rotatable bonds is 4. The molecular weight excluding hydrogens is 356 g/mol. The summed E-state index contributed by atoms with van der Waals surface area (Å²) in [7, 11) is 0. The average Bonchev–Trinajstić information content (AvgIpc) is 3.29. The number of hydrogen-bond donors (Lipinski definition) is 0. The highest BCUT2D eigenvalue weighted by Gasteiger charge is 2.31. The average molecular weight is 378 g/mol. The van der Waals surface area contributed by atoms with Gasteiger partial charge < -0.3 is 9.32 Å². The molecule has 3 aromatic heterocycles. The van der Waals surface area contributed by atoms with Gasteiger partial charge in [0.2, 0.25) is 0 Å². The Morgan fingerprint density at radius 1 is 1.29 bits per heavy atom. The van der Waals surface area contributed by atoms with Crippen LogP contribution >= 0.6 is 0 Å². The number of carbonyl (C=O) groups is 1. The van der Waals surface area contributed by atoms with Gasteiger partial charge in [-0.3, -0.25) is 14.6 Å². The van der Waals surface area contributed by atoms with E-state index < -0.39 is 0 Å². The minimum atomic E-state index is -0.178. The molecule has 7 heteroatoms. The van der Waals surface area contributed by atoms with Crippen molar-refractivity contribution >= 4 is 5.91 Å². The molecule has 0 saturated carbocycles. The molecule has 4 rings (SSSR count). The predicted octanol–water partition coefficient (Wildman–Crippen LogP) is 2.82. The van der Waals surface area contributed by atoms with Crippen molar-refractivity contribution in [2.24, 2.45) is 0 Å². The molecule has 1 unspecified atom stereocenters. The van der Waals surface area contributed by atoms with Gasteiger partial charge in [-0.25, -0.2) is 4.68 Å². The normalized spacial score (nSPS) is 16.5. The Balaban J connectivity index is 1.59. The van der Waals surface area contributed by atoms with E-state index in [1.807, 2.05) is 24.0 Å². The Hall–Kier alpha value is -3.22. The summed E-state index contributed by atoms with van der Waals surface area (Å²) in [5, 5.41) is 4.50. The van der Waals surface area contributed by atoms with Gasteiger partial charge in [-0.1, -0.05) is 0 Å². The number of nitrogens with zero attached hydrogens (tertiary/aromatic N) is 4. The van der Waals surface area contributed by atoms with Crippen molar-refractivity contribution in [3.63, 3.8) is 0 Å². The number of aromatic nitrogens is 3. The molecule has 1 aliphatic heterocycles. The summed E-state index contributed by atoms with van der Waals surface area (Å²) in [4.78, 5) is 31.3. The van der Waals surface area contributed by atoms with Gasteiger partial charge in [-0.05, 0) is 51.0 Å². The molecule has 144 valence electrons. The number of amides is 1. The summed E-state index contributed by atoms with van der Waals surface area (Å²) in [6, 6.07) is 8.65. The summed E-state index contributed by atoms with van der Waals surface area (Å²) < 4.78 is 6.96. The Bertz CT molecular complexity index is 1060. The third-order valence-corrected chi connectivity index (χ3v) is 5.12. The minimum absolute atomic E-state index is 0.0479. The Morgan fingerprint density at radius 3 is 2.86 bits per heavy atom. The van der Waals surface area contributed by atoms with Crippen molar-refractivity contribution in [1.29, 1.82) is 0 Å². The monoisotopic (exact) mass is 378 g/mol. The molecule has 0 radical (unpaired) electrons. The first-order chi connectivity index (χ1) is 13.5. The lowest BCUT2D eigenvalue weighted by molar-refractivity contribution is 0.0718. The molecule has 4 heterocycles. The largest absolute Gasteiger partial charge is 0.466 e. The van der Waals surface area contributed by atoms with E-state index in [1.54, 1.807) is 31.5 Å². The van der Waals surface area contributed by atoms with E-state index in [9.17, 15) is 9.59 Å². The van der Waals surface area contributed by atoms with E-state index in [0.29, 0.717) is 30.1 Å². The predicted molar refractivity (Wildman–Crippen MR) is 104 cm³/mol. The van der Waals surface area contributed by atoms with Gasteiger partial charge in [0.1, 0.15) is 11.5 Å². The van der Waals surface area contributed by atoms with Crippen LogP contribution in [0.4, 0.5) is 0 Å². The summed E-state index contributed by atoms with van der Waals surface area (Å²) in [6.45, 7) is 4.67. The van der Waals surface area contributed by atoms with Crippen molar-refractivity contribution in [2.45, 2.75) is 39.3 Å². The third-order valence-electron chi connectivity index (χ3n) is 5.12. The molecule has 28 heavy (non-hydrogen) atoms. The van der Waals surface area contributed by atoms with E-state index in [2.05, 4.69) is 10.1 Å². The van der Waals surface area contributed by atoms with Gasteiger partial charge in [0.25, 0.3) is 11.5 Å². The molecule has 7 nitrogen and oxygen atoms in total. The lowest BCUT2D eigenvalue weighted by atomic mass is 10.1. The molecule has 0 aromatic carbocycles. The molecule has 0 N–H and O–H groups in total. The maximum Gasteiger partial charge on any atom is 0.266 e. The van der Waals surface area contributed by atoms with Crippen LogP contribution < -0.4 is 5.56 Å². The SMILES string of the molecule is Cc1cc(C(=O)N2CCCC2Cn2nc(-c3cccnc3)ccc2=O)c(C)o1. The number of hydrogen-bond acceptors (Lipinski definition) is 5. The second-order valence-electron chi connectivity index (χ2n) is 7.10. The zero-order valence-electron chi connectivity index (χ0n) is 16.0. The lowest BCUT2D eigenvalue weighted by Crippen LogP contribution is -2.40. The quantitative estimate of drug-likeness (QED) is 0.697. The molecular formula is C21H22N4O3. The molecule has 1 aliphatic rings. The summed E-state index contributed by atoms with van der Waals surface area (Å²) >= 11 is 0. The van der Waals surface area contributed by atoms with Crippen molar-refractivity contribution in [1.82, 2.24) is 19.7 Å². The van der Waals surface area contributed by atoms with E-state index in [1.165, 1.54) is 10.7 Å². The first-order valence-corrected chi connectivity index (χ1v) is 9.39.